The van der Waals surface area contributed by atoms with E-state index in [1.165, 1.54) is 0 Å². The molecule has 2 aromatic carbocycles. The Labute approximate surface area is 181 Å². The van der Waals surface area contributed by atoms with E-state index in [9.17, 15) is 14.9 Å². The Morgan fingerprint density at radius 2 is 1.73 bits per heavy atom. The fourth-order valence-corrected chi connectivity index (χ4v) is 4.29. The van der Waals surface area contributed by atoms with Crippen molar-refractivity contribution < 1.29 is 9.59 Å². The van der Waals surface area contributed by atoms with E-state index in [2.05, 4.69) is 11.4 Å². The lowest BCUT2D eigenvalue weighted by Gasteiger charge is -2.31. The number of likely N-dealkylation sites (tertiary alicyclic amines) is 1. The van der Waals surface area contributed by atoms with Crippen LogP contribution in [0.1, 0.15) is 42.7 Å². The number of anilines is 1. The zero-order valence-electron chi connectivity index (χ0n) is 16.7. The summed E-state index contributed by atoms with van der Waals surface area (Å²) in [6.45, 7) is 1.29. The number of halogens is 1. The zero-order valence-corrected chi connectivity index (χ0v) is 17.4. The Bertz CT molecular complexity index is 974. The van der Waals surface area contributed by atoms with E-state index in [-0.39, 0.29) is 23.7 Å². The van der Waals surface area contributed by atoms with Crippen molar-refractivity contribution in [3.8, 4) is 6.07 Å². The summed E-state index contributed by atoms with van der Waals surface area (Å²) in [5.74, 6) is -0.136. The van der Waals surface area contributed by atoms with Crippen molar-refractivity contribution in [1.82, 2.24) is 4.90 Å². The SMILES string of the molecule is N#CC(c1ccccc1)c1ccc(NC(=O)C2CCN(C(=O)C3CC3)CC2)cc1Cl. The molecule has 1 aliphatic heterocycles. The summed E-state index contributed by atoms with van der Waals surface area (Å²) in [5.41, 5.74) is 2.22. The number of nitriles is 1. The van der Waals surface area contributed by atoms with Gasteiger partial charge in [-0.2, -0.15) is 5.26 Å². The minimum absolute atomic E-state index is 0.0442. The fourth-order valence-electron chi connectivity index (χ4n) is 4.00. The molecule has 1 aliphatic carbocycles. The summed E-state index contributed by atoms with van der Waals surface area (Å²) in [7, 11) is 0. The van der Waals surface area contributed by atoms with Crippen LogP contribution in [0, 0.1) is 23.2 Å². The maximum absolute atomic E-state index is 12.7. The molecule has 30 heavy (non-hydrogen) atoms. The molecular formula is C24H24ClN3O2. The Balaban J connectivity index is 1.38. The number of carbonyl (C=O) groups is 2. The van der Waals surface area contributed by atoms with Crippen molar-refractivity contribution in [2.45, 2.75) is 31.6 Å². The van der Waals surface area contributed by atoms with Crippen molar-refractivity contribution in [2.24, 2.45) is 11.8 Å². The number of hydrogen-bond donors (Lipinski definition) is 1. The predicted molar refractivity (Wildman–Crippen MR) is 116 cm³/mol. The number of nitrogens with one attached hydrogen (secondary N) is 1. The number of hydrogen-bond acceptors (Lipinski definition) is 3. The third-order valence-electron chi connectivity index (χ3n) is 5.95. The Morgan fingerprint density at radius 3 is 2.33 bits per heavy atom. The average molecular weight is 422 g/mol. The first-order chi connectivity index (χ1) is 14.6. The van der Waals surface area contributed by atoms with E-state index >= 15 is 0 Å². The van der Waals surface area contributed by atoms with Crippen LogP contribution in [0.5, 0.6) is 0 Å². The van der Waals surface area contributed by atoms with Crippen LogP contribution >= 0.6 is 11.6 Å². The highest BCUT2D eigenvalue weighted by Crippen LogP contribution is 2.34. The van der Waals surface area contributed by atoms with Gasteiger partial charge >= 0.3 is 0 Å². The van der Waals surface area contributed by atoms with Gasteiger partial charge in [-0.3, -0.25) is 9.59 Å². The van der Waals surface area contributed by atoms with E-state index in [0.717, 1.165) is 24.0 Å². The molecule has 1 unspecified atom stereocenters. The van der Waals surface area contributed by atoms with Gasteiger partial charge in [-0.25, -0.2) is 0 Å². The quantitative estimate of drug-likeness (QED) is 0.767. The molecule has 4 rings (SSSR count). The van der Waals surface area contributed by atoms with Crippen LogP contribution in [-0.2, 0) is 9.59 Å². The van der Waals surface area contributed by atoms with E-state index in [0.29, 0.717) is 36.6 Å². The van der Waals surface area contributed by atoms with Crippen molar-refractivity contribution in [1.29, 1.82) is 5.26 Å². The molecule has 0 aromatic heterocycles. The molecule has 2 aliphatic rings. The number of piperidine rings is 1. The van der Waals surface area contributed by atoms with Crippen LogP contribution in [0.2, 0.25) is 5.02 Å². The third kappa shape index (κ3) is 4.49. The van der Waals surface area contributed by atoms with Gasteiger partial charge < -0.3 is 10.2 Å². The van der Waals surface area contributed by atoms with Crippen molar-refractivity contribution >= 4 is 29.1 Å². The van der Waals surface area contributed by atoms with Crippen LogP contribution in [0.4, 0.5) is 5.69 Å². The Morgan fingerprint density at radius 1 is 1.03 bits per heavy atom. The molecule has 1 atom stereocenters. The molecule has 2 aromatic rings. The van der Waals surface area contributed by atoms with Gasteiger partial charge in [0.15, 0.2) is 0 Å². The minimum Gasteiger partial charge on any atom is -0.342 e. The van der Waals surface area contributed by atoms with Gasteiger partial charge in [-0.15, -0.1) is 0 Å². The van der Waals surface area contributed by atoms with Gasteiger partial charge in [0, 0.05) is 35.6 Å². The maximum Gasteiger partial charge on any atom is 0.227 e. The van der Waals surface area contributed by atoms with Crippen LogP contribution in [-0.4, -0.2) is 29.8 Å². The maximum atomic E-state index is 12.7. The molecule has 0 bridgehead atoms. The normalized spacial score (nSPS) is 17.8. The van der Waals surface area contributed by atoms with Gasteiger partial charge in [0.2, 0.25) is 11.8 Å². The first kappa shape index (κ1) is 20.4. The second-order valence-electron chi connectivity index (χ2n) is 8.07. The van der Waals surface area contributed by atoms with Gasteiger partial charge in [-0.1, -0.05) is 48.0 Å². The average Bonchev–Trinajstić information content (AvgIpc) is 3.61. The molecule has 1 saturated heterocycles. The first-order valence-corrected chi connectivity index (χ1v) is 10.8. The lowest BCUT2D eigenvalue weighted by molar-refractivity contribution is -0.135. The monoisotopic (exact) mass is 421 g/mol. The molecule has 6 heteroatoms. The molecule has 0 radical (unpaired) electrons. The highest BCUT2D eigenvalue weighted by Gasteiger charge is 2.36. The molecule has 5 nitrogen and oxygen atoms in total. The van der Waals surface area contributed by atoms with Crippen molar-refractivity contribution in [3.63, 3.8) is 0 Å². The second-order valence-corrected chi connectivity index (χ2v) is 8.48. The van der Waals surface area contributed by atoms with Gasteiger partial charge in [0.25, 0.3) is 0 Å². The number of amides is 2. The summed E-state index contributed by atoms with van der Waals surface area (Å²) in [6, 6.07) is 17.1. The third-order valence-corrected chi connectivity index (χ3v) is 6.27. The van der Waals surface area contributed by atoms with E-state index in [1.807, 2.05) is 35.2 Å². The number of carbonyl (C=O) groups excluding carboxylic acids is 2. The first-order valence-electron chi connectivity index (χ1n) is 10.4. The molecule has 2 fully saturated rings. The van der Waals surface area contributed by atoms with Crippen LogP contribution in [0.25, 0.3) is 0 Å². The summed E-state index contributed by atoms with van der Waals surface area (Å²) in [5, 5.41) is 13.0. The Hall–Kier alpha value is -2.84. The smallest absolute Gasteiger partial charge is 0.227 e. The summed E-state index contributed by atoms with van der Waals surface area (Å²) < 4.78 is 0. The fraction of sp³-hybridized carbons (Fsp3) is 0.375. The van der Waals surface area contributed by atoms with E-state index in [4.69, 9.17) is 11.6 Å². The minimum atomic E-state index is -0.461. The molecule has 1 heterocycles. The summed E-state index contributed by atoms with van der Waals surface area (Å²) in [6.07, 6.45) is 3.38. The van der Waals surface area contributed by atoms with Gasteiger partial charge in [-0.05, 0) is 48.9 Å². The van der Waals surface area contributed by atoms with Crippen LogP contribution < -0.4 is 5.32 Å². The van der Waals surface area contributed by atoms with Crippen molar-refractivity contribution in [2.75, 3.05) is 18.4 Å². The zero-order chi connectivity index (χ0) is 21.1. The lowest BCUT2D eigenvalue weighted by Crippen LogP contribution is -2.42. The largest absolute Gasteiger partial charge is 0.342 e. The Kier molecular flexibility index (Phi) is 6.06. The van der Waals surface area contributed by atoms with E-state index < -0.39 is 5.92 Å². The van der Waals surface area contributed by atoms with Crippen LogP contribution in [0.15, 0.2) is 48.5 Å². The van der Waals surface area contributed by atoms with E-state index in [1.54, 1.807) is 18.2 Å². The van der Waals surface area contributed by atoms with Gasteiger partial charge in [0.1, 0.15) is 0 Å². The number of rotatable bonds is 5. The molecule has 0 spiro atoms. The highest BCUT2D eigenvalue weighted by molar-refractivity contribution is 6.31. The molecule has 2 amide bonds. The van der Waals surface area contributed by atoms with Crippen LogP contribution in [0.3, 0.4) is 0 Å². The van der Waals surface area contributed by atoms with Gasteiger partial charge in [0.05, 0.1) is 12.0 Å². The summed E-state index contributed by atoms with van der Waals surface area (Å²) >= 11 is 6.46. The molecule has 1 N–H and O–H groups in total. The number of nitrogens with zero attached hydrogens (tertiary/aromatic N) is 2. The number of benzene rings is 2. The molecular weight excluding hydrogens is 398 g/mol. The standard InChI is InChI=1S/C24H24ClN3O2/c25-22-14-19(8-9-20(22)21(15-26)16-4-2-1-3-5-16)27-23(29)17-10-12-28(13-11-17)24(30)18-6-7-18/h1-5,8-9,14,17-18,21H,6-7,10-13H2,(H,27,29). The lowest BCUT2D eigenvalue weighted by atomic mass is 9.92. The van der Waals surface area contributed by atoms with Crippen molar-refractivity contribution in [3.05, 3.63) is 64.7 Å². The second kappa shape index (κ2) is 8.89. The summed E-state index contributed by atoms with van der Waals surface area (Å²) in [4.78, 5) is 26.8. The topological polar surface area (TPSA) is 73.2 Å². The predicted octanol–water partition coefficient (Wildman–Crippen LogP) is 4.58. The highest BCUT2D eigenvalue weighted by atomic mass is 35.5. The molecule has 154 valence electrons. The molecule has 1 saturated carbocycles.